The summed E-state index contributed by atoms with van der Waals surface area (Å²) < 4.78 is 38.3. The van der Waals surface area contributed by atoms with E-state index in [1.165, 1.54) is 32.0 Å². The SMILES string of the molecule is CN=C(NCCCN1CCC(C)CC1)NCc1cccc(C(F)(F)F)c1.I. The van der Waals surface area contributed by atoms with Gasteiger partial charge in [-0.3, -0.25) is 4.99 Å². The average molecular weight is 498 g/mol. The molecule has 0 spiro atoms. The van der Waals surface area contributed by atoms with E-state index in [9.17, 15) is 13.2 Å². The van der Waals surface area contributed by atoms with Gasteiger partial charge in [0.25, 0.3) is 0 Å². The molecule has 0 aromatic heterocycles. The normalized spacial score (nSPS) is 16.7. The topological polar surface area (TPSA) is 39.7 Å². The van der Waals surface area contributed by atoms with E-state index in [0.717, 1.165) is 37.6 Å². The molecule has 0 bridgehead atoms. The standard InChI is InChI=1S/C19H29F3N4.HI/c1-15-7-11-26(12-8-15)10-4-9-24-18(23-2)25-14-16-5-3-6-17(13-16)19(20,21)22;/h3,5-6,13,15H,4,7-12,14H2,1-2H3,(H2,23,24,25);1H. The molecule has 1 aliphatic heterocycles. The molecule has 2 rings (SSSR count). The van der Waals surface area contributed by atoms with Crippen LogP contribution in [-0.4, -0.2) is 44.1 Å². The zero-order chi connectivity index (χ0) is 19.0. The molecule has 1 aliphatic rings. The number of halogens is 4. The Hall–Kier alpha value is -1.03. The van der Waals surface area contributed by atoms with Crippen LogP contribution in [-0.2, 0) is 12.7 Å². The number of rotatable bonds is 6. The number of guanidine groups is 1. The van der Waals surface area contributed by atoms with E-state index in [1.54, 1.807) is 13.1 Å². The van der Waals surface area contributed by atoms with Crippen LogP contribution < -0.4 is 10.6 Å². The van der Waals surface area contributed by atoms with E-state index in [1.807, 2.05) is 0 Å². The van der Waals surface area contributed by atoms with Crippen LogP contribution >= 0.6 is 24.0 Å². The lowest BCUT2D eigenvalue weighted by molar-refractivity contribution is -0.137. The first kappa shape index (κ1) is 24.0. The number of hydrogen-bond acceptors (Lipinski definition) is 2. The summed E-state index contributed by atoms with van der Waals surface area (Å²) in [6.07, 6.45) is -0.762. The maximum Gasteiger partial charge on any atom is 0.416 e. The van der Waals surface area contributed by atoms with Gasteiger partial charge in [0.1, 0.15) is 0 Å². The summed E-state index contributed by atoms with van der Waals surface area (Å²) >= 11 is 0. The van der Waals surface area contributed by atoms with Crippen molar-refractivity contribution in [2.45, 2.75) is 38.9 Å². The minimum absolute atomic E-state index is 0. The fourth-order valence-corrected chi connectivity index (χ4v) is 3.06. The van der Waals surface area contributed by atoms with Crippen molar-refractivity contribution in [3.63, 3.8) is 0 Å². The third kappa shape index (κ3) is 8.68. The van der Waals surface area contributed by atoms with Crippen LogP contribution in [0.15, 0.2) is 29.3 Å². The van der Waals surface area contributed by atoms with Gasteiger partial charge >= 0.3 is 6.18 Å². The number of nitrogens with zero attached hydrogens (tertiary/aromatic N) is 2. The maximum atomic E-state index is 12.8. The van der Waals surface area contributed by atoms with Crippen LogP contribution in [0.2, 0.25) is 0 Å². The minimum atomic E-state index is -4.32. The lowest BCUT2D eigenvalue weighted by Crippen LogP contribution is -2.39. The summed E-state index contributed by atoms with van der Waals surface area (Å²) in [5, 5.41) is 6.29. The summed E-state index contributed by atoms with van der Waals surface area (Å²) in [7, 11) is 1.66. The Balaban J connectivity index is 0.00000364. The predicted octanol–water partition coefficient (Wildman–Crippen LogP) is 4.11. The van der Waals surface area contributed by atoms with Crippen LogP contribution in [0.3, 0.4) is 0 Å². The first-order valence-electron chi connectivity index (χ1n) is 9.21. The highest BCUT2D eigenvalue weighted by atomic mass is 127. The molecule has 1 aromatic rings. The van der Waals surface area contributed by atoms with Crippen molar-refractivity contribution in [3.8, 4) is 0 Å². The molecule has 0 saturated carbocycles. The summed E-state index contributed by atoms with van der Waals surface area (Å²) in [5.41, 5.74) is -0.0548. The number of piperidine rings is 1. The molecule has 1 saturated heterocycles. The molecule has 2 N–H and O–H groups in total. The van der Waals surface area contributed by atoms with E-state index in [2.05, 4.69) is 27.4 Å². The van der Waals surface area contributed by atoms with Crippen LogP contribution in [0.1, 0.15) is 37.3 Å². The molecular weight excluding hydrogens is 468 g/mol. The number of alkyl halides is 3. The van der Waals surface area contributed by atoms with Gasteiger partial charge in [0.2, 0.25) is 0 Å². The Labute approximate surface area is 177 Å². The maximum absolute atomic E-state index is 12.8. The minimum Gasteiger partial charge on any atom is -0.356 e. The second-order valence-electron chi connectivity index (χ2n) is 6.93. The quantitative estimate of drug-likeness (QED) is 0.269. The van der Waals surface area contributed by atoms with Crippen molar-refractivity contribution in [2.75, 3.05) is 33.2 Å². The van der Waals surface area contributed by atoms with E-state index < -0.39 is 11.7 Å². The summed E-state index contributed by atoms with van der Waals surface area (Å²) in [5.74, 6) is 1.44. The molecule has 4 nitrogen and oxygen atoms in total. The summed E-state index contributed by atoms with van der Waals surface area (Å²) in [6.45, 7) is 6.79. The fraction of sp³-hybridized carbons (Fsp3) is 0.632. The van der Waals surface area contributed by atoms with E-state index in [4.69, 9.17) is 0 Å². The van der Waals surface area contributed by atoms with E-state index in [-0.39, 0.29) is 24.0 Å². The fourth-order valence-electron chi connectivity index (χ4n) is 3.06. The Morgan fingerprint density at radius 2 is 1.93 bits per heavy atom. The predicted molar refractivity (Wildman–Crippen MR) is 115 cm³/mol. The average Bonchev–Trinajstić information content (AvgIpc) is 2.62. The zero-order valence-electron chi connectivity index (χ0n) is 16.0. The Morgan fingerprint density at radius 1 is 1.22 bits per heavy atom. The first-order valence-corrected chi connectivity index (χ1v) is 9.21. The van der Waals surface area contributed by atoms with Gasteiger partial charge in [-0.2, -0.15) is 13.2 Å². The molecular formula is C19H30F3IN4. The van der Waals surface area contributed by atoms with Gasteiger partial charge < -0.3 is 15.5 Å². The molecule has 1 fully saturated rings. The Morgan fingerprint density at radius 3 is 2.56 bits per heavy atom. The van der Waals surface area contributed by atoms with Crippen LogP contribution in [0.25, 0.3) is 0 Å². The molecule has 27 heavy (non-hydrogen) atoms. The van der Waals surface area contributed by atoms with Crippen molar-refractivity contribution < 1.29 is 13.2 Å². The highest BCUT2D eigenvalue weighted by Crippen LogP contribution is 2.29. The van der Waals surface area contributed by atoms with Gasteiger partial charge in [-0.25, -0.2) is 0 Å². The summed E-state index contributed by atoms with van der Waals surface area (Å²) in [6, 6.07) is 5.35. The van der Waals surface area contributed by atoms with Crippen molar-refractivity contribution in [3.05, 3.63) is 35.4 Å². The Bertz CT molecular complexity index is 585. The number of nitrogens with one attached hydrogen (secondary N) is 2. The molecule has 8 heteroatoms. The van der Waals surface area contributed by atoms with Gasteiger partial charge in [-0.1, -0.05) is 19.1 Å². The molecule has 0 unspecified atom stereocenters. The first-order chi connectivity index (χ1) is 12.4. The number of hydrogen-bond donors (Lipinski definition) is 2. The van der Waals surface area contributed by atoms with E-state index in [0.29, 0.717) is 18.1 Å². The number of aliphatic imine (C=N–C) groups is 1. The number of likely N-dealkylation sites (tertiary alicyclic amines) is 1. The second kappa shape index (κ2) is 11.7. The second-order valence-corrected chi connectivity index (χ2v) is 6.93. The third-order valence-corrected chi connectivity index (χ3v) is 4.76. The third-order valence-electron chi connectivity index (χ3n) is 4.76. The molecule has 0 aliphatic carbocycles. The molecule has 1 heterocycles. The molecule has 0 radical (unpaired) electrons. The van der Waals surface area contributed by atoms with Crippen LogP contribution in [0.4, 0.5) is 13.2 Å². The lowest BCUT2D eigenvalue weighted by atomic mass is 9.99. The van der Waals surface area contributed by atoms with E-state index >= 15 is 0 Å². The molecule has 0 amide bonds. The largest absolute Gasteiger partial charge is 0.416 e. The summed E-state index contributed by atoms with van der Waals surface area (Å²) in [4.78, 5) is 6.61. The van der Waals surface area contributed by atoms with Gasteiger partial charge in [-0.15, -0.1) is 24.0 Å². The highest BCUT2D eigenvalue weighted by Gasteiger charge is 2.30. The van der Waals surface area contributed by atoms with Gasteiger partial charge in [-0.05, 0) is 62.5 Å². The van der Waals surface area contributed by atoms with Crippen molar-refractivity contribution in [1.29, 1.82) is 0 Å². The lowest BCUT2D eigenvalue weighted by Gasteiger charge is -2.30. The molecule has 154 valence electrons. The zero-order valence-corrected chi connectivity index (χ0v) is 18.3. The van der Waals surface area contributed by atoms with Gasteiger partial charge in [0.05, 0.1) is 5.56 Å². The Kier molecular flexibility index (Phi) is 10.4. The highest BCUT2D eigenvalue weighted by molar-refractivity contribution is 14.0. The number of benzene rings is 1. The van der Waals surface area contributed by atoms with Crippen LogP contribution in [0, 0.1) is 5.92 Å². The van der Waals surface area contributed by atoms with Gasteiger partial charge in [0.15, 0.2) is 5.96 Å². The smallest absolute Gasteiger partial charge is 0.356 e. The van der Waals surface area contributed by atoms with Crippen molar-refractivity contribution >= 4 is 29.9 Å². The van der Waals surface area contributed by atoms with Crippen LogP contribution in [0.5, 0.6) is 0 Å². The van der Waals surface area contributed by atoms with Crippen molar-refractivity contribution in [1.82, 2.24) is 15.5 Å². The van der Waals surface area contributed by atoms with Crippen molar-refractivity contribution in [2.24, 2.45) is 10.9 Å². The monoisotopic (exact) mass is 498 g/mol. The molecule has 1 aromatic carbocycles. The van der Waals surface area contributed by atoms with Gasteiger partial charge in [0, 0.05) is 20.1 Å². The molecule has 0 atom stereocenters.